The third-order valence-corrected chi connectivity index (χ3v) is 4.55. The van der Waals surface area contributed by atoms with Gasteiger partial charge in [-0.2, -0.15) is 0 Å². The molecule has 0 saturated carbocycles. The minimum atomic E-state index is -4.17. The van der Waals surface area contributed by atoms with E-state index in [0.717, 1.165) is 7.11 Å². The Hall–Kier alpha value is -2.42. The molecule has 2 aromatic rings. The summed E-state index contributed by atoms with van der Waals surface area (Å²) in [5, 5.41) is 0.444. The molecule has 0 radical (unpaired) electrons. The number of carbonyl (C=O) groups is 2. The molecule has 0 spiro atoms. The van der Waals surface area contributed by atoms with E-state index < -0.39 is 21.9 Å². The normalized spacial score (nSPS) is 10.9. The number of ether oxygens (including phenoxy) is 1. The fraction of sp³-hybridized carbons (Fsp3) is 0.0667. The van der Waals surface area contributed by atoms with Crippen LogP contribution in [0.1, 0.15) is 20.7 Å². The molecule has 0 aliphatic heterocycles. The van der Waals surface area contributed by atoms with Crippen molar-refractivity contribution in [2.24, 2.45) is 0 Å². The summed E-state index contributed by atoms with van der Waals surface area (Å²) in [6.45, 7) is 0. The molecule has 24 heavy (non-hydrogen) atoms. The fourth-order valence-electron chi connectivity index (χ4n) is 1.82. The Morgan fingerprint density at radius 3 is 2.29 bits per heavy atom. The van der Waals surface area contributed by atoms with Crippen LogP contribution < -0.4 is 10.3 Å². The van der Waals surface area contributed by atoms with Crippen molar-refractivity contribution in [1.82, 2.24) is 10.3 Å². The van der Waals surface area contributed by atoms with Gasteiger partial charge in [0.05, 0.1) is 17.6 Å². The van der Waals surface area contributed by atoms with Crippen LogP contribution in [-0.2, 0) is 14.8 Å². The molecular weight excluding hydrogens is 356 g/mol. The quantitative estimate of drug-likeness (QED) is 0.618. The number of halogens is 1. The van der Waals surface area contributed by atoms with Crippen LogP contribution in [0.4, 0.5) is 0 Å². The van der Waals surface area contributed by atoms with Gasteiger partial charge in [0, 0.05) is 10.6 Å². The molecule has 0 unspecified atom stereocenters. The summed E-state index contributed by atoms with van der Waals surface area (Å²) in [5.41, 5.74) is 2.14. The van der Waals surface area contributed by atoms with Gasteiger partial charge in [0.25, 0.3) is 15.9 Å². The van der Waals surface area contributed by atoms with Gasteiger partial charge >= 0.3 is 5.97 Å². The van der Waals surface area contributed by atoms with Crippen LogP contribution in [0.15, 0.2) is 53.4 Å². The molecule has 0 aliphatic carbocycles. The Kier molecular flexibility index (Phi) is 5.55. The Morgan fingerprint density at radius 1 is 1.04 bits per heavy atom. The smallest absolute Gasteiger partial charge is 0.339 e. The SMILES string of the molecule is COC(=O)c1ccccc1S(=O)(=O)NNC(=O)c1ccc(Cl)cc1. The molecular formula is C15H13ClN2O5S. The monoisotopic (exact) mass is 368 g/mol. The van der Waals surface area contributed by atoms with E-state index in [-0.39, 0.29) is 16.0 Å². The second-order valence-electron chi connectivity index (χ2n) is 4.55. The average molecular weight is 369 g/mol. The van der Waals surface area contributed by atoms with Gasteiger partial charge in [0.15, 0.2) is 0 Å². The maximum atomic E-state index is 12.3. The Labute approximate surface area is 143 Å². The largest absolute Gasteiger partial charge is 0.465 e. The van der Waals surface area contributed by atoms with E-state index in [9.17, 15) is 18.0 Å². The van der Waals surface area contributed by atoms with Crippen LogP contribution in [0.25, 0.3) is 0 Å². The number of hydrogen-bond donors (Lipinski definition) is 2. The first-order valence-electron chi connectivity index (χ1n) is 6.60. The molecule has 9 heteroatoms. The molecule has 2 rings (SSSR count). The molecule has 2 N–H and O–H groups in total. The Morgan fingerprint density at radius 2 is 1.67 bits per heavy atom. The highest BCUT2D eigenvalue weighted by Gasteiger charge is 2.23. The van der Waals surface area contributed by atoms with Gasteiger partial charge in [0.1, 0.15) is 0 Å². The highest BCUT2D eigenvalue weighted by Crippen LogP contribution is 2.16. The number of hydrogen-bond acceptors (Lipinski definition) is 5. The highest BCUT2D eigenvalue weighted by molar-refractivity contribution is 7.89. The first-order chi connectivity index (χ1) is 11.3. The number of sulfonamides is 1. The van der Waals surface area contributed by atoms with E-state index >= 15 is 0 Å². The number of benzene rings is 2. The van der Waals surface area contributed by atoms with Crippen LogP contribution in [0.2, 0.25) is 5.02 Å². The number of esters is 1. The van der Waals surface area contributed by atoms with E-state index in [0.29, 0.717) is 5.02 Å². The van der Waals surface area contributed by atoms with Crippen molar-refractivity contribution in [1.29, 1.82) is 0 Å². The Bertz CT molecular complexity index is 866. The van der Waals surface area contributed by atoms with Crippen LogP contribution >= 0.6 is 11.6 Å². The van der Waals surface area contributed by atoms with Crippen LogP contribution in [0.3, 0.4) is 0 Å². The topological polar surface area (TPSA) is 102 Å². The van der Waals surface area contributed by atoms with Crippen molar-refractivity contribution in [2.45, 2.75) is 4.90 Å². The van der Waals surface area contributed by atoms with E-state index in [1.54, 1.807) is 0 Å². The number of hydrazine groups is 1. The molecule has 0 bridgehead atoms. The molecule has 0 aromatic heterocycles. The molecule has 0 aliphatic rings. The number of amides is 1. The molecule has 0 fully saturated rings. The molecule has 0 atom stereocenters. The summed E-state index contributed by atoms with van der Waals surface area (Å²) in [4.78, 5) is 25.2. The van der Waals surface area contributed by atoms with Gasteiger partial charge in [-0.15, -0.1) is 4.83 Å². The predicted octanol–water partition coefficient (Wildman–Crippen LogP) is 1.75. The van der Waals surface area contributed by atoms with E-state index in [1.807, 2.05) is 4.83 Å². The minimum absolute atomic E-state index is 0.145. The van der Waals surface area contributed by atoms with Crippen molar-refractivity contribution in [3.63, 3.8) is 0 Å². The molecule has 1 amide bonds. The van der Waals surface area contributed by atoms with E-state index in [2.05, 4.69) is 10.2 Å². The summed E-state index contributed by atoms with van der Waals surface area (Å²) in [6, 6.07) is 11.3. The number of nitrogens with one attached hydrogen (secondary N) is 2. The van der Waals surface area contributed by atoms with E-state index in [1.165, 1.54) is 48.5 Å². The lowest BCUT2D eigenvalue weighted by atomic mass is 10.2. The van der Waals surface area contributed by atoms with Gasteiger partial charge in [0.2, 0.25) is 0 Å². The lowest BCUT2D eigenvalue weighted by molar-refractivity contribution is 0.0596. The van der Waals surface area contributed by atoms with Crippen molar-refractivity contribution < 1.29 is 22.7 Å². The van der Waals surface area contributed by atoms with Gasteiger partial charge < -0.3 is 4.74 Å². The van der Waals surface area contributed by atoms with Gasteiger partial charge in [-0.05, 0) is 36.4 Å². The zero-order valence-electron chi connectivity index (χ0n) is 12.4. The minimum Gasteiger partial charge on any atom is -0.465 e. The van der Waals surface area contributed by atoms with Crippen LogP contribution in [-0.4, -0.2) is 27.4 Å². The van der Waals surface area contributed by atoms with Crippen molar-refractivity contribution >= 4 is 33.5 Å². The summed E-state index contributed by atoms with van der Waals surface area (Å²) in [5.74, 6) is -1.48. The second kappa shape index (κ2) is 7.43. The van der Waals surface area contributed by atoms with Crippen molar-refractivity contribution in [3.8, 4) is 0 Å². The fourth-order valence-corrected chi connectivity index (χ4v) is 2.98. The molecule has 2 aromatic carbocycles. The lowest BCUT2D eigenvalue weighted by Crippen LogP contribution is -2.42. The van der Waals surface area contributed by atoms with Gasteiger partial charge in [-0.3, -0.25) is 10.2 Å². The Balaban J connectivity index is 2.19. The highest BCUT2D eigenvalue weighted by atomic mass is 35.5. The standard InChI is InChI=1S/C15H13ClN2O5S/c1-23-15(20)12-4-2-3-5-13(12)24(21,22)18-17-14(19)10-6-8-11(16)9-7-10/h2-9,18H,1H3,(H,17,19). The maximum absolute atomic E-state index is 12.3. The molecule has 7 nitrogen and oxygen atoms in total. The lowest BCUT2D eigenvalue weighted by Gasteiger charge is -2.11. The van der Waals surface area contributed by atoms with Crippen LogP contribution in [0.5, 0.6) is 0 Å². The van der Waals surface area contributed by atoms with E-state index in [4.69, 9.17) is 11.6 Å². The summed E-state index contributed by atoms with van der Waals surface area (Å²) in [7, 11) is -3.03. The number of carbonyl (C=O) groups excluding carboxylic acids is 2. The number of rotatable bonds is 5. The van der Waals surface area contributed by atoms with Crippen molar-refractivity contribution in [2.75, 3.05) is 7.11 Å². The molecule has 0 heterocycles. The summed E-state index contributed by atoms with van der Waals surface area (Å²) >= 11 is 5.72. The first-order valence-corrected chi connectivity index (χ1v) is 8.46. The number of methoxy groups -OCH3 is 1. The first kappa shape index (κ1) is 17.9. The molecule has 0 saturated heterocycles. The summed E-state index contributed by atoms with van der Waals surface area (Å²) in [6.07, 6.45) is 0. The van der Waals surface area contributed by atoms with Gasteiger partial charge in [-0.25, -0.2) is 13.2 Å². The maximum Gasteiger partial charge on any atom is 0.339 e. The zero-order chi connectivity index (χ0) is 17.7. The average Bonchev–Trinajstić information content (AvgIpc) is 2.59. The van der Waals surface area contributed by atoms with Crippen LogP contribution in [0, 0.1) is 0 Å². The van der Waals surface area contributed by atoms with Gasteiger partial charge in [-0.1, -0.05) is 23.7 Å². The zero-order valence-corrected chi connectivity index (χ0v) is 14.0. The molecule has 126 valence electrons. The summed E-state index contributed by atoms with van der Waals surface area (Å²) < 4.78 is 29.2. The third kappa shape index (κ3) is 4.10. The third-order valence-electron chi connectivity index (χ3n) is 2.99. The second-order valence-corrected chi connectivity index (χ2v) is 6.64. The van der Waals surface area contributed by atoms with Crippen molar-refractivity contribution in [3.05, 3.63) is 64.7 Å². The predicted molar refractivity (Wildman–Crippen MR) is 87.0 cm³/mol.